The van der Waals surface area contributed by atoms with Crippen LogP contribution in [0.15, 0.2) is 59.7 Å². The van der Waals surface area contributed by atoms with Gasteiger partial charge in [0.05, 0.1) is 5.71 Å². The molecule has 0 aliphatic rings. The molecule has 0 saturated carbocycles. The number of benzene rings is 2. The van der Waals surface area contributed by atoms with E-state index >= 15 is 0 Å². The van der Waals surface area contributed by atoms with Crippen molar-refractivity contribution in [3.05, 3.63) is 65.7 Å². The number of anilines is 1. The second-order valence-corrected chi connectivity index (χ2v) is 4.84. The summed E-state index contributed by atoms with van der Waals surface area (Å²) in [6.45, 7) is 1.84. The molecular formula is C17H19N3O. The molecule has 2 aromatic carbocycles. The smallest absolute Gasteiger partial charge is 0.240 e. The molecular weight excluding hydrogens is 262 g/mol. The average molecular weight is 281 g/mol. The molecule has 0 spiro atoms. The maximum Gasteiger partial charge on any atom is 0.240 e. The Labute approximate surface area is 124 Å². The Hall–Kier alpha value is -2.62. The van der Waals surface area contributed by atoms with Gasteiger partial charge in [0, 0.05) is 12.1 Å². The fourth-order valence-corrected chi connectivity index (χ4v) is 1.93. The summed E-state index contributed by atoms with van der Waals surface area (Å²) in [5, 5.41) is 4.11. The Morgan fingerprint density at radius 1 is 1.14 bits per heavy atom. The van der Waals surface area contributed by atoms with Crippen molar-refractivity contribution >= 4 is 17.3 Å². The van der Waals surface area contributed by atoms with Gasteiger partial charge in [-0.3, -0.25) is 4.79 Å². The van der Waals surface area contributed by atoms with Gasteiger partial charge in [0.25, 0.3) is 0 Å². The Morgan fingerprint density at radius 3 is 2.62 bits per heavy atom. The fourth-order valence-electron chi connectivity index (χ4n) is 1.93. The van der Waals surface area contributed by atoms with Crippen molar-refractivity contribution in [3.63, 3.8) is 0 Å². The predicted octanol–water partition coefficient (Wildman–Crippen LogP) is 2.74. The molecule has 4 nitrogen and oxygen atoms in total. The monoisotopic (exact) mass is 281 g/mol. The van der Waals surface area contributed by atoms with E-state index < -0.39 is 0 Å². The van der Waals surface area contributed by atoms with Crippen LogP contribution < -0.4 is 11.2 Å². The zero-order valence-corrected chi connectivity index (χ0v) is 12.0. The van der Waals surface area contributed by atoms with Gasteiger partial charge in [-0.2, -0.15) is 5.10 Å². The Bertz CT molecular complexity index is 635. The number of nitrogens with two attached hydrogens (primary N) is 1. The Morgan fingerprint density at radius 2 is 1.90 bits per heavy atom. The van der Waals surface area contributed by atoms with Crippen LogP contribution in [0.1, 0.15) is 24.5 Å². The predicted molar refractivity (Wildman–Crippen MR) is 86.0 cm³/mol. The van der Waals surface area contributed by atoms with E-state index in [0.717, 1.165) is 16.8 Å². The van der Waals surface area contributed by atoms with Gasteiger partial charge >= 0.3 is 0 Å². The van der Waals surface area contributed by atoms with E-state index in [4.69, 9.17) is 5.73 Å². The molecule has 0 radical (unpaired) electrons. The van der Waals surface area contributed by atoms with Crippen molar-refractivity contribution in [3.8, 4) is 0 Å². The van der Waals surface area contributed by atoms with Crippen molar-refractivity contribution in [1.29, 1.82) is 0 Å². The zero-order chi connectivity index (χ0) is 15.1. The maximum absolute atomic E-state index is 11.8. The summed E-state index contributed by atoms with van der Waals surface area (Å²) in [5.74, 6) is -0.0953. The van der Waals surface area contributed by atoms with E-state index in [1.54, 1.807) is 0 Å². The summed E-state index contributed by atoms with van der Waals surface area (Å²) in [4.78, 5) is 11.8. The van der Waals surface area contributed by atoms with E-state index in [9.17, 15) is 4.79 Å². The minimum Gasteiger partial charge on any atom is -0.399 e. The van der Waals surface area contributed by atoms with E-state index in [0.29, 0.717) is 18.5 Å². The molecule has 0 atom stereocenters. The van der Waals surface area contributed by atoms with Crippen molar-refractivity contribution in [2.75, 3.05) is 5.73 Å². The summed E-state index contributed by atoms with van der Waals surface area (Å²) in [6, 6.07) is 17.3. The second kappa shape index (κ2) is 7.24. The largest absolute Gasteiger partial charge is 0.399 e. The molecule has 2 aromatic rings. The molecule has 0 heterocycles. The number of carbonyl (C=O) groups excluding carboxylic acids is 1. The van der Waals surface area contributed by atoms with Gasteiger partial charge in [-0.05, 0) is 36.6 Å². The lowest BCUT2D eigenvalue weighted by atomic mass is 10.1. The third kappa shape index (κ3) is 4.76. The van der Waals surface area contributed by atoms with Crippen molar-refractivity contribution in [1.82, 2.24) is 5.43 Å². The van der Waals surface area contributed by atoms with Crippen molar-refractivity contribution < 1.29 is 4.79 Å². The molecule has 0 fully saturated rings. The highest BCUT2D eigenvalue weighted by atomic mass is 16.2. The van der Waals surface area contributed by atoms with Crippen LogP contribution in [0.4, 0.5) is 5.69 Å². The van der Waals surface area contributed by atoms with Crippen LogP contribution >= 0.6 is 0 Å². The van der Waals surface area contributed by atoms with E-state index in [2.05, 4.69) is 10.5 Å². The molecule has 0 aliphatic heterocycles. The summed E-state index contributed by atoms with van der Waals surface area (Å²) in [5.41, 5.74) is 11.8. The normalized spacial score (nSPS) is 11.2. The first-order valence-electron chi connectivity index (χ1n) is 6.88. The van der Waals surface area contributed by atoms with E-state index in [1.165, 1.54) is 0 Å². The molecule has 108 valence electrons. The average Bonchev–Trinajstić information content (AvgIpc) is 2.51. The van der Waals surface area contributed by atoms with Gasteiger partial charge in [0.2, 0.25) is 5.91 Å². The van der Waals surface area contributed by atoms with Gasteiger partial charge in [-0.25, -0.2) is 5.43 Å². The third-order valence-corrected chi connectivity index (χ3v) is 3.14. The first-order valence-corrected chi connectivity index (χ1v) is 6.88. The molecule has 0 saturated heterocycles. The number of nitrogens with one attached hydrogen (secondary N) is 1. The summed E-state index contributed by atoms with van der Waals surface area (Å²) in [7, 11) is 0. The molecule has 4 heteroatoms. The van der Waals surface area contributed by atoms with Crippen LogP contribution in [0.5, 0.6) is 0 Å². The van der Waals surface area contributed by atoms with Crippen LogP contribution in [0.3, 0.4) is 0 Å². The van der Waals surface area contributed by atoms with Gasteiger partial charge in [-0.15, -0.1) is 0 Å². The zero-order valence-electron chi connectivity index (χ0n) is 12.0. The minimum absolute atomic E-state index is 0.0953. The lowest BCUT2D eigenvalue weighted by Gasteiger charge is -2.04. The number of hydrogen-bond donors (Lipinski definition) is 2. The number of amides is 1. The summed E-state index contributed by atoms with van der Waals surface area (Å²) < 4.78 is 0. The summed E-state index contributed by atoms with van der Waals surface area (Å²) >= 11 is 0. The number of carbonyl (C=O) groups is 1. The molecule has 21 heavy (non-hydrogen) atoms. The Kier molecular flexibility index (Phi) is 5.10. The minimum atomic E-state index is -0.0953. The molecule has 1 amide bonds. The van der Waals surface area contributed by atoms with Crippen LogP contribution in [-0.4, -0.2) is 11.6 Å². The lowest BCUT2D eigenvalue weighted by molar-refractivity contribution is -0.121. The standard InChI is InChI=1S/C17H19N3O/c1-13(15-8-5-9-16(18)12-15)19-20-17(21)11-10-14-6-3-2-4-7-14/h2-9,12H,10-11,18H2,1H3,(H,20,21). The maximum atomic E-state index is 11.8. The summed E-state index contributed by atoms with van der Waals surface area (Å²) in [6.07, 6.45) is 1.12. The van der Waals surface area contributed by atoms with Gasteiger partial charge in [0.15, 0.2) is 0 Å². The topological polar surface area (TPSA) is 67.5 Å². The number of hydrazone groups is 1. The number of nitrogen functional groups attached to an aromatic ring is 1. The van der Waals surface area contributed by atoms with Crippen molar-refractivity contribution in [2.45, 2.75) is 19.8 Å². The highest BCUT2D eigenvalue weighted by molar-refractivity contribution is 5.99. The van der Waals surface area contributed by atoms with Crippen LogP contribution in [0, 0.1) is 0 Å². The van der Waals surface area contributed by atoms with Crippen LogP contribution in [0.2, 0.25) is 0 Å². The Balaban J connectivity index is 1.87. The number of hydrogen-bond acceptors (Lipinski definition) is 3. The molecule has 2 rings (SSSR count). The molecule has 0 aliphatic carbocycles. The van der Waals surface area contributed by atoms with Gasteiger partial charge in [-0.1, -0.05) is 42.5 Å². The number of aryl methyl sites for hydroxylation is 1. The number of rotatable bonds is 5. The molecule has 0 unspecified atom stereocenters. The highest BCUT2D eigenvalue weighted by Crippen LogP contribution is 2.07. The fraction of sp³-hybridized carbons (Fsp3) is 0.176. The van der Waals surface area contributed by atoms with Gasteiger partial charge in [0.1, 0.15) is 0 Å². The molecule has 0 bridgehead atoms. The highest BCUT2D eigenvalue weighted by Gasteiger charge is 2.02. The lowest BCUT2D eigenvalue weighted by Crippen LogP contribution is -2.19. The SMILES string of the molecule is CC(=NNC(=O)CCc1ccccc1)c1cccc(N)c1. The second-order valence-electron chi connectivity index (χ2n) is 4.84. The third-order valence-electron chi connectivity index (χ3n) is 3.14. The van der Waals surface area contributed by atoms with Gasteiger partial charge < -0.3 is 5.73 Å². The quantitative estimate of drug-likeness (QED) is 0.502. The first kappa shape index (κ1) is 14.8. The van der Waals surface area contributed by atoms with Crippen LogP contribution in [0.25, 0.3) is 0 Å². The van der Waals surface area contributed by atoms with Crippen molar-refractivity contribution in [2.24, 2.45) is 5.10 Å². The van der Waals surface area contributed by atoms with E-state index in [-0.39, 0.29) is 5.91 Å². The molecule has 3 N–H and O–H groups in total. The molecule has 0 aromatic heterocycles. The number of nitrogens with zero attached hydrogens (tertiary/aromatic N) is 1. The van der Waals surface area contributed by atoms with Crippen LogP contribution in [-0.2, 0) is 11.2 Å². The first-order chi connectivity index (χ1) is 10.1. The van der Waals surface area contributed by atoms with E-state index in [1.807, 2.05) is 61.5 Å².